The molecule has 1 aromatic rings. The van der Waals surface area contributed by atoms with E-state index < -0.39 is 42.0 Å². The third-order valence-electron chi connectivity index (χ3n) is 6.84. The first kappa shape index (κ1) is 29.3. The minimum Gasteiger partial charge on any atom is -0.467 e. The first-order valence-corrected chi connectivity index (χ1v) is 15.6. The number of rotatable bonds is 7. The van der Waals surface area contributed by atoms with Crippen LogP contribution in [0.3, 0.4) is 0 Å². The highest BCUT2D eigenvalue weighted by Gasteiger charge is 2.54. The maximum absolute atomic E-state index is 13.8. The van der Waals surface area contributed by atoms with Crippen LogP contribution < -0.4 is 5.45 Å². The molecule has 200 valence electrons. The zero-order valence-electron chi connectivity index (χ0n) is 23.2. The summed E-state index contributed by atoms with van der Waals surface area (Å²) >= 11 is 0. The lowest BCUT2D eigenvalue weighted by Crippen LogP contribution is -2.61. The summed E-state index contributed by atoms with van der Waals surface area (Å²) in [7, 11) is -2.59. The number of aromatic nitrogens is 2. The first-order valence-electron chi connectivity index (χ1n) is 12.0. The summed E-state index contributed by atoms with van der Waals surface area (Å²) in [5, 5.41) is 0. The maximum atomic E-state index is 13.8. The van der Waals surface area contributed by atoms with Crippen molar-refractivity contribution in [2.24, 2.45) is 0 Å². The molecule has 0 saturated carbocycles. The van der Waals surface area contributed by atoms with Crippen molar-refractivity contribution in [2.45, 2.75) is 97.1 Å². The average Bonchev–Trinajstić information content (AvgIpc) is 3.21. The Balaban J connectivity index is 2.97. The number of methoxy groups -OCH3 is 1. The van der Waals surface area contributed by atoms with E-state index in [1.54, 1.807) is 20.8 Å². The molecule has 1 amide bonds. The lowest BCUT2D eigenvalue weighted by atomic mass is 10.2. The number of amides is 1. The Bertz CT molecular complexity index is 1050. The molecule has 0 aromatic carbocycles. The highest BCUT2D eigenvalue weighted by Crippen LogP contribution is 2.43. The van der Waals surface area contributed by atoms with E-state index in [1.807, 2.05) is 0 Å². The van der Waals surface area contributed by atoms with Gasteiger partial charge in [0.15, 0.2) is 6.04 Å². The summed E-state index contributed by atoms with van der Waals surface area (Å²) in [5.74, 6) is -0.748. The van der Waals surface area contributed by atoms with Crippen molar-refractivity contribution in [3.05, 3.63) is 11.4 Å². The second kappa shape index (κ2) is 9.85. The molecule has 1 aromatic heterocycles. The highest BCUT2D eigenvalue weighted by atomic mass is 32.2. The van der Waals surface area contributed by atoms with Crippen molar-refractivity contribution in [3.8, 4) is 0 Å². The van der Waals surface area contributed by atoms with Crippen LogP contribution in [-0.2, 0) is 31.0 Å². The molecule has 2 rings (SSSR count). The molecule has 12 heteroatoms. The number of carbonyl (C=O) groups is 2. The number of hydrogen-bond acceptors (Lipinski definition) is 7. The standard InChI is InChI=1S/C23H42N4O6SSi/c1-14(2)35(15(3)4,16(5)6)21-24-17-13-26(22(29)33-23(7,8)9)19(20(28)32-12)18(17)27(21)34(30,31)25(10)11/h14-16,19H,13H2,1-12H3. The molecule has 1 aliphatic rings. The van der Waals surface area contributed by atoms with Crippen LogP contribution in [0.25, 0.3) is 0 Å². The Morgan fingerprint density at radius 3 is 1.91 bits per heavy atom. The Morgan fingerprint density at radius 1 is 1.06 bits per heavy atom. The maximum Gasteiger partial charge on any atom is 0.411 e. The van der Waals surface area contributed by atoms with E-state index in [2.05, 4.69) is 41.5 Å². The molecule has 0 saturated heterocycles. The Labute approximate surface area is 211 Å². The van der Waals surface area contributed by atoms with Crippen LogP contribution in [0.4, 0.5) is 4.79 Å². The average molecular weight is 531 g/mol. The van der Waals surface area contributed by atoms with Gasteiger partial charge in [-0.25, -0.2) is 18.5 Å². The molecule has 2 heterocycles. The fraction of sp³-hybridized carbons (Fsp3) is 0.783. The highest BCUT2D eigenvalue weighted by molar-refractivity contribution is 7.87. The topological polar surface area (TPSA) is 111 Å². The van der Waals surface area contributed by atoms with Crippen molar-refractivity contribution in [3.63, 3.8) is 0 Å². The Hall–Kier alpha value is -1.92. The van der Waals surface area contributed by atoms with Crippen LogP contribution in [0.15, 0.2) is 0 Å². The van der Waals surface area contributed by atoms with Crippen LogP contribution in [0.1, 0.15) is 79.7 Å². The third kappa shape index (κ3) is 4.88. The van der Waals surface area contributed by atoms with Gasteiger partial charge < -0.3 is 9.47 Å². The van der Waals surface area contributed by atoms with Gasteiger partial charge in [-0.1, -0.05) is 41.5 Å². The van der Waals surface area contributed by atoms with E-state index in [9.17, 15) is 18.0 Å². The van der Waals surface area contributed by atoms with E-state index in [0.717, 1.165) is 4.31 Å². The SMILES string of the molecule is COC(=O)C1c2c(nc([Si](C(C)C)(C(C)C)C(C)C)n2S(=O)(=O)N(C)C)CN1C(=O)OC(C)(C)C. The van der Waals surface area contributed by atoms with Crippen molar-refractivity contribution < 1.29 is 27.5 Å². The van der Waals surface area contributed by atoms with E-state index in [-0.39, 0.29) is 28.9 Å². The van der Waals surface area contributed by atoms with E-state index in [1.165, 1.54) is 30.1 Å². The predicted molar refractivity (Wildman–Crippen MR) is 137 cm³/mol. The van der Waals surface area contributed by atoms with E-state index >= 15 is 0 Å². The van der Waals surface area contributed by atoms with Crippen LogP contribution >= 0.6 is 0 Å². The number of hydrogen-bond donors (Lipinski definition) is 0. The van der Waals surface area contributed by atoms with Gasteiger partial charge in [-0.15, -0.1) is 0 Å². The fourth-order valence-electron chi connectivity index (χ4n) is 5.53. The summed E-state index contributed by atoms with van der Waals surface area (Å²) in [6, 6.07) is -1.29. The fourth-order valence-corrected chi connectivity index (χ4v) is 13.7. The second-order valence-corrected chi connectivity index (χ2v) is 19.0. The van der Waals surface area contributed by atoms with Crippen molar-refractivity contribution in [1.82, 2.24) is 18.2 Å². The number of nitrogens with zero attached hydrogens (tertiary/aromatic N) is 4. The van der Waals surface area contributed by atoms with Gasteiger partial charge in [0.25, 0.3) is 0 Å². The van der Waals surface area contributed by atoms with Gasteiger partial charge in [-0.2, -0.15) is 12.7 Å². The molecular formula is C23H42N4O6SSi. The number of carbonyl (C=O) groups excluding carboxylic acids is 2. The summed E-state index contributed by atoms with van der Waals surface area (Å²) in [5.41, 5.74) is 0.743. The van der Waals surface area contributed by atoms with Crippen LogP contribution in [0.5, 0.6) is 0 Å². The third-order valence-corrected chi connectivity index (χ3v) is 15.6. The lowest BCUT2D eigenvalue weighted by Gasteiger charge is -2.42. The summed E-state index contributed by atoms with van der Waals surface area (Å²) in [6.07, 6.45) is -0.735. The smallest absolute Gasteiger partial charge is 0.411 e. The lowest BCUT2D eigenvalue weighted by molar-refractivity contribution is -0.146. The Morgan fingerprint density at radius 2 is 1.54 bits per heavy atom. The minimum absolute atomic E-state index is 0.0499. The normalized spacial score (nSPS) is 17.0. The second-order valence-electron chi connectivity index (χ2n) is 11.3. The molecule has 0 bridgehead atoms. The predicted octanol–water partition coefficient (Wildman–Crippen LogP) is 3.39. The largest absolute Gasteiger partial charge is 0.467 e. The van der Waals surface area contributed by atoms with Crippen LogP contribution in [-0.4, -0.2) is 73.5 Å². The molecule has 35 heavy (non-hydrogen) atoms. The molecule has 10 nitrogen and oxygen atoms in total. The molecule has 1 atom stereocenters. The summed E-state index contributed by atoms with van der Waals surface area (Å²) in [4.78, 5) is 32.3. The molecule has 0 fully saturated rings. The van der Waals surface area contributed by atoms with E-state index in [0.29, 0.717) is 11.1 Å². The molecule has 1 unspecified atom stereocenters. The molecule has 0 radical (unpaired) electrons. The van der Waals surface area contributed by atoms with Gasteiger partial charge in [-0.05, 0) is 37.4 Å². The molecule has 0 spiro atoms. The van der Waals surface area contributed by atoms with Crippen molar-refractivity contribution >= 4 is 35.8 Å². The number of fused-ring (bicyclic) bond motifs is 1. The van der Waals surface area contributed by atoms with Crippen LogP contribution in [0, 0.1) is 0 Å². The van der Waals surface area contributed by atoms with E-state index in [4.69, 9.17) is 14.5 Å². The molecule has 1 aliphatic heterocycles. The minimum atomic E-state index is -4.10. The number of ether oxygens (including phenoxy) is 2. The number of esters is 1. The monoisotopic (exact) mass is 530 g/mol. The van der Waals surface area contributed by atoms with Gasteiger partial charge in [0, 0.05) is 14.1 Å². The van der Waals surface area contributed by atoms with Gasteiger partial charge in [-0.3, -0.25) is 4.90 Å². The molecule has 0 N–H and O–H groups in total. The van der Waals surface area contributed by atoms with Gasteiger partial charge >= 0.3 is 22.3 Å². The summed E-state index contributed by atoms with van der Waals surface area (Å²) < 4.78 is 40.6. The number of imidazole rings is 1. The van der Waals surface area contributed by atoms with Gasteiger partial charge in [0.1, 0.15) is 19.1 Å². The quantitative estimate of drug-likeness (QED) is 0.392. The first-order chi connectivity index (χ1) is 15.8. The van der Waals surface area contributed by atoms with Crippen molar-refractivity contribution in [2.75, 3.05) is 21.2 Å². The van der Waals surface area contributed by atoms with Gasteiger partial charge in [0.05, 0.1) is 25.0 Å². The summed E-state index contributed by atoms with van der Waals surface area (Å²) in [6.45, 7) is 17.8. The van der Waals surface area contributed by atoms with Crippen molar-refractivity contribution in [1.29, 1.82) is 0 Å². The Kier molecular flexibility index (Phi) is 8.25. The molecular weight excluding hydrogens is 488 g/mol. The van der Waals surface area contributed by atoms with Gasteiger partial charge in [0.2, 0.25) is 0 Å². The zero-order chi connectivity index (χ0) is 27.3. The molecule has 0 aliphatic carbocycles. The zero-order valence-corrected chi connectivity index (χ0v) is 25.0. The van der Waals surface area contributed by atoms with Crippen LogP contribution in [0.2, 0.25) is 16.6 Å².